The van der Waals surface area contributed by atoms with Crippen molar-refractivity contribution in [3.8, 4) is 0 Å². The minimum absolute atomic E-state index is 0.0344. The number of hydrogen-bond donors (Lipinski definition) is 2. The SMILES string of the molecule is Cn1cc([C@H]2CNC[C@@H]2C(=O)NCC2CCSCC2)cn1. The summed E-state index contributed by atoms with van der Waals surface area (Å²) in [6.07, 6.45) is 6.38. The van der Waals surface area contributed by atoms with Crippen LogP contribution in [0.4, 0.5) is 0 Å². The molecule has 1 aromatic heterocycles. The van der Waals surface area contributed by atoms with E-state index in [1.807, 2.05) is 35.9 Å². The lowest BCUT2D eigenvalue weighted by Crippen LogP contribution is -2.37. The Morgan fingerprint density at radius 2 is 2.29 bits per heavy atom. The monoisotopic (exact) mass is 308 g/mol. The number of rotatable bonds is 4. The highest BCUT2D eigenvalue weighted by molar-refractivity contribution is 7.99. The molecule has 0 aliphatic carbocycles. The molecule has 1 amide bonds. The first-order valence-corrected chi connectivity index (χ1v) is 8.94. The second-order valence-electron chi connectivity index (χ2n) is 6.12. The van der Waals surface area contributed by atoms with Crippen LogP contribution in [0.3, 0.4) is 0 Å². The number of carbonyl (C=O) groups excluding carboxylic acids is 1. The minimum atomic E-state index is 0.0344. The summed E-state index contributed by atoms with van der Waals surface area (Å²) in [5.74, 6) is 3.63. The van der Waals surface area contributed by atoms with E-state index in [1.54, 1.807) is 0 Å². The van der Waals surface area contributed by atoms with Crippen LogP contribution in [0.15, 0.2) is 12.4 Å². The summed E-state index contributed by atoms with van der Waals surface area (Å²) in [4.78, 5) is 12.5. The van der Waals surface area contributed by atoms with Crippen molar-refractivity contribution in [3.05, 3.63) is 18.0 Å². The van der Waals surface area contributed by atoms with E-state index in [9.17, 15) is 4.79 Å². The van der Waals surface area contributed by atoms with Crippen molar-refractivity contribution in [2.24, 2.45) is 18.9 Å². The smallest absolute Gasteiger partial charge is 0.225 e. The number of nitrogens with zero attached hydrogens (tertiary/aromatic N) is 2. The van der Waals surface area contributed by atoms with Crippen LogP contribution in [0.1, 0.15) is 24.3 Å². The van der Waals surface area contributed by atoms with Crippen molar-refractivity contribution in [2.45, 2.75) is 18.8 Å². The zero-order valence-corrected chi connectivity index (χ0v) is 13.4. The maximum Gasteiger partial charge on any atom is 0.225 e. The fourth-order valence-corrected chi connectivity index (χ4v) is 4.47. The van der Waals surface area contributed by atoms with Gasteiger partial charge in [-0.2, -0.15) is 16.9 Å². The highest BCUT2D eigenvalue weighted by Crippen LogP contribution is 2.28. The molecule has 3 heterocycles. The molecule has 0 spiro atoms. The van der Waals surface area contributed by atoms with Crippen LogP contribution in [0.25, 0.3) is 0 Å². The van der Waals surface area contributed by atoms with Crippen LogP contribution in [0, 0.1) is 11.8 Å². The number of hydrogen-bond acceptors (Lipinski definition) is 4. The topological polar surface area (TPSA) is 59.0 Å². The van der Waals surface area contributed by atoms with Crippen molar-refractivity contribution < 1.29 is 4.79 Å². The van der Waals surface area contributed by atoms with Gasteiger partial charge in [0.25, 0.3) is 0 Å². The van der Waals surface area contributed by atoms with Crippen molar-refractivity contribution in [1.82, 2.24) is 20.4 Å². The maximum atomic E-state index is 12.5. The highest BCUT2D eigenvalue weighted by Gasteiger charge is 2.34. The van der Waals surface area contributed by atoms with Gasteiger partial charge in [0.15, 0.2) is 0 Å². The van der Waals surface area contributed by atoms with Crippen LogP contribution in [-0.2, 0) is 11.8 Å². The molecule has 21 heavy (non-hydrogen) atoms. The predicted octanol–water partition coefficient (Wildman–Crippen LogP) is 0.982. The number of amides is 1. The lowest BCUT2D eigenvalue weighted by Gasteiger charge is -2.23. The van der Waals surface area contributed by atoms with Gasteiger partial charge in [-0.3, -0.25) is 9.48 Å². The number of carbonyl (C=O) groups is 1. The Labute approximate surface area is 130 Å². The Balaban J connectivity index is 1.55. The molecule has 2 atom stereocenters. The molecule has 0 saturated carbocycles. The third-order valence-corrected chi connectivity index (χ3v) is 5.66. The molecule has 2 aliphatic heterocycles. The predicted molar refractivity (Wildman–Crippen MR) is 85.4 cm³/mol. The summed E-state index contributed by atoms with van der Waals surface area (Å²) in [6, 6.07) is 0. The first-order chi connectivity index (χ1) is 10.2. The minimum Gasteiger partial charge on any atom is -0.356 e. The maximum absolute atomic E-state index is 12.5. The summed E-state index contributed by atoms with van der Waals surface area (Å²) in [7, 11) is 1.92. The number of aromatic nitrogens is 2. The molecule has 1 aromatic rings. The van der Waals surface area contributed by atoms with Gasteiger partial charge < -0.3 is 10.6 Å². The van der Waals surface area contributed by atoms with E-state index < -0.39 is 0 Å². The molecule has 0 bridgehead atoms. The Bertz CT molecular complexity index is 484. The van der Waals surface area contributed by atoms with Gasteiger partial charge in [0.05, 0.1) is 12.1 Å². The Morgan fingerprint density at radius 1 is 1.48 bits per heavy atom. The van der Waals surface area contributed by atoms with Gasteiger partial charge in [-0.05, 0) is 35.8 Å². The fraction of sp³-hybridized carbons (Fsp3) is 0.733. The highest BCUT2D eigenvalue weighted by atomic mass is 32.2. The van der Waals surface area contributed by atoms with E-state index in [2.05, 4.69) is 15.7 Å². The van der Waals surface area contributed by atoms with Crippen molar-refractivity contribution in [3.63, 3.8) is 0 Å². The van der Waals surface area contributed by atoms with E-state index in [1.165, 1.54) is 24.3 Å². The second-order valence-corrected chi connectivity index (χ2v) is 7.34. The normalized spacial score (nSPS) is 26.9. The second kappa shape index (κ2) is 6.83. The summed E-state index contributed by atoms with van der Waals surface area (Å²) >= 11 is 2.03. The van der Waals surface area contributed by atoms with Crippen molar-refractivity contribution >= 4 is 17.7 Å². The van der Waals surface area contributed by atoms with Gasteiger partial charge in [-0.25, -0.2) is 0 Å². The van der Waals surface area contributed by atoms with Gasteiger partial charge in [0.1, 0.15) is 0 Å². The van der Waals surface area contributed by atoms with Gasteiger partial charge in [-0.1, -0.05) is 0 Å². The molecule has 3 rings (SSSR count). The Morgan fingerprint density at radius 3 is 3.00 bits per heavy atom. The summed E-state index contributed by atoms with van der Waals surface area (Å²) < 4.78 is 1.81. The van der Waals surface area contributed by atoms with E-state index in [0.717, 1.165) is 25.2 Å². The summed E-state index contributed by atoms with van der Waals surface area (Å²) in [6.45, 7) is 2.48. The summed E-state index contributed by atoms with van der Waals surface area (Å²) in [5, 5.41) is 10.8. The molecule has 0 unspecified atom stereocenters. The average Bonchev–Trinajstić information content (AvgIpc) is 3.14. The van der Waals surface area contributed by atoms with Crippen LogP contribution >= 0.6 is 11.8 Å². The van der Waals surface area contributed by atoms with Crippen LogP contribution in [0.5, 0.6) is 0 Å². The molecule has 2 saturated heterocycles. The number of nitrogens with one attached hydrogen (secondary N) is 2. The molecule has 6 heteroatoms. The van der Waals surface area contributed by atoms with Crippen molar-refractivity contribution in [1.29, 1.82) is 0 Å². The zero-order valence-electron chi connectivity index (χ0n) is 12.5. The van der Waals surface area contributed by atoms with E-state index in [-0.39, 0.29) is 17.7 Å². The third kappa shape index (κ3) is 3.61. The molecule has 5 nitrogen and oxygen atoms in total. The first-order valence-electron chi connectivity index (χ1n) is 7.79. The largest absolute Gasteiger partial charge is 0.356 e. The van der Waals surface area contributed by atoms with Crippen LogP contribution < -0.4 is 10.6 Å². The molecule has 116 valence electrons. The number of thioether (sulfide) groups is 1. The zero-order chi connectivity index (χ0) is 14.7. The molecule has 2 aliphatic rings. The lowest BCUT2D eigenvalue weighted by atomic mass is 9.90. The van der Waals surface area contributed by atoms with Gasteiger partial charge in [0, 0.05) is 38.8 Å². The Hall–Kier alpha value is -1.01. The van der Waals surface area contributed by atoms with E-state index >= 15 is 0 Å². The molecule has 0 radical (unpaired) electrons. The number of aryl methyl sites for hydroxylation is 1. The molecule has 2 fully saturated rings. The van der Waals surface area contributed by atoms with Gasteiger partial charge in [-0.15, -0.1) is 0 Å². The van der Waals surface area contributed by atoms with Crippen LogP contribution in [-0.4, -0.2) is 46.8 Å². The molecular weight excluding hydrogens is 284 g/mol. The first kappa shape index (κ1) is 14.9. The van der Waals surface area contributed by atoms with Gasteiger partial charge >= 0.3 is 0 Å². The molecule has 0 aromatic carbocycles. The molecular formula is C15H24N4OS. The summed E-state index contributed by atoms with van der Waals surface area (Å²) in [5.41, 5.74) is 1.16. The fourth-order valence-electron chi connectivity index (χ4n) is 3.26. The average molecular weight is 308 g/mol. The van der Waals surface area contributed by atoms with Gasteiger partial charge in [0.2, 0.25) is 5.91 Å². The van der Waals surface area contributed by atoms with Crippen molar-refractivity contribution in [2.75, 3.05) is 31.1 Å². The Kier molecular flexibility index (Phi) is 4.85. The van der Waals surface area contributed by atoms with E-state index in [0.29, 0.717) is 5.92 Å². The molecule has 2 N–H and O–H groups in total. The third-order valence-electron chi connectivity index (χ3n) is 4.61. The quantitative estimate of drug-likeness (QED) is 0.871. The van der Waals surface area contributed by atoms with Crippen LogP contribution in [0.2, 0.25) is 0 Å². The lowest BCUT2D eigenvalue weighted by molar-refractivity contribution is -0.125. The standard InChI is InChI=1S/C15H24N4OS/c1-19-10-12(7-18-19)13-8-16-9-14(13)15(20)17-6-11-2-4-21-5-3-11/h7,10-11,13-14,16H,2-6,8-9H2,1H3,(H,17,20)/t13-,14+/m1/s1. The van der Waals surface area contributed by atoms with E-state index in [4.69, 9.17) is 0 Å².